The monoisotopic (exact) mass is 583 g/mol. The Balaban J connectivity index is 5.59. The quantitative estimate of drug-likeness (QED) is 0.0347. The van der Waals surface area contributed by atoms with Crippen LogP contribution in [0.4, 0.5) is 0 Å². The summed E-state index contributed by atoms with van der Waals surface area (Å²) in [6.45, 7) is 9.84. The molecule has 0 aliphatic carbocycles. The second-order valence-corrected chi connectivity index (χ2v) is 11.0. The highest BCUT2D eigenvalue weighted by atomic mass is 16.2. The molecule has 12 N–H and O–H groups in total. The number of carbonyl (C=O) groups is 5. The molecule has 4 amide bonds. The van der Waals surface area contributed by atoms with Crippen LogP contribution in [0.25, 0.3) is 0 Å². The maximum Gasteiger partial charge on any atom is 0.243 e. The lowest BCUT2D eigenvalue weighted by molar-refractivity contribution is -0.135. The fraction of sp³-hybridized carbons (Fsp3) is 0.778. The van der Waals surface area contributed by atoms with Gasteiger partial charge in [0.25, 0.3) is 0 Å². The van der Waals surface area contributed by atoms with E-state index in [1.807, 2.05) is 13.8 Å². The number of aldehydes is 1. The average Bonchev–Trinajstić information content (AvgIpc) is 2.90. The van der Waals surface area contributed by atoms with Crippen LogP contribution in [-0.2, 0) is 24.0 Å². The number of guanidine groups is 1. The number of hydrogen-bond acceptors (Lipinski definition) is 8. The lowest BCUT2D eigenvalue weighted by Crippen LogP contribution is -2.59. The molecule has 1 unspecified atom stereocenters. The zero-order valence-corrected chi connectivity index (χ0v) is 25.3. The van der Waals surface area contributed by atoms with Crippen molar-refractivity contribution in [2.24, 2.45) is 39.8 Å². The minimum absolute atomic E-state index is 0.0503. The summed E-state index contributed by atoms with van der Waals surface area (Å²) in [5.74, 6) is -2.39. The molecule has 14 nitrogen and oxygen atoms in total. The first-order chi connectivity index (χ1) is 19.3. The SMILES string of the molecule is CCC(C=O)NC(=O)[C@H](CC(C)C)NC(=O)[C@@H](NC(=O)[C@H](CCCCN)NC(=O)[C@@H](N)CCCN=C(N)N)C(C)C. The van der Waals surface area contributed by atoms with Gasteiger partial charge in [-0.15, -0.1) is 0 Å². The highest BCUT2D eigenvalue weighted by molar-refractivity contribution is 5.95. The molecule has 14 heteroatoms. The van der Waals surface area contributed by atoms with Crippen molar-refractivity contribution >= 4 is 35.9 Å². The van der Waals surface area contributed by atoms with Crippen molar-refractivity contribution in [2.45, 2.75) is 110 Å². The number of hydrogen-bond donors (Lipinski definition) is 8. The number of amides is 4. The summed E-state index contributed by atoms with van der Waals surface area (Å²) in [5, 5.41) is 10.8. The maximum absolute atomic E-state index is 13.3. The van der Waals surface area contributed by atoms with Crippen molar-refractivity contribution in [1.82, 2.24) is 21.3 Å². The van der Waals surface area contributed by atoms with Crippen LogP contribution in [0, 0.1) is 11.8 Å². The highest BCUT2D eigenvalue weighted by Crippen LogP contribution is 2.10. The maximum atomic E-state index is 13.3. The van der Waals surface area contributed by atoms with Gasteiger partial charge in [0.2, 0.25) is 23.6 Å². The molecule has 0 spiro atoms. The number of nitrogens with two attached hydrogens (primary N) is 4. The first-order valence-electron chi connectivity index (χ1n) is 14.4. The summed E-state index contributed by atoms with van der Waals surface area (Å²) in [6, 6.07) is -4.37. The molecular formula is C27H53N9O5. The molecule has 0 rings (SSSR count). The van der Waals surface area contributed by atoms with Crippen LogP contribution >= 0.6 is 0 Å². The normalized spacial score (nSPS) is 14.8. The van der Waals surface area contributed by atoms with Gasteiger partial charge in [-0.2, -0.15) is 0 Å². The Morgan fingerprint density at radius 1 is 0.805 bits per heavy atom. The Kier molecular flexibility index (Phi) is 19.0. The number of unbranched alkanes of at least 4 members (excludes halogenated alkanes) is 1. The van der Waals surface area contributed by atoms with Gasteiger partial charge in [0.1, 0.15) is 24.4 Å². The molecule has 236 valence electrons. The van der Waals surface area contributed by atoms with E-state index in [1.54, 1.807) is 20.8 Å². The van der Waals surface area contributed by atoms with E-state index >= 15 is 0 Å². The standard InChI is InChI=1S/C27H53N9O5/c1-6-18(15-37)33-25(40)21(14-16(2)3)35-26(41)22(17(4)5)36-24(39)20(11-7-8-12-28)34-23(38)19(29)10-9-13-32-27(30)31/h15-22H,6-14,28-29H2,1-5H3,(H,33,40)(H,34,38)(H,35,41)(H,36,39)(H4,30,31,32)/t18?,19-,20-,21-,22-/m0/s1. The van der Waals surface area contributed by atoms with E-state index in [2.05, 4.69) is 26.3 Å². The summed E-state index contributed by atoms with van der Waals surface area (Å²) >= 11 is 0. The van der Waals surface area contributed by atoms with Crippen LogP contribution in [0.3, 0.4) is 0 Å². The van der Waals surface area contributed by atoms with Crippen molar-refractivity contribution in [2.75, 3.05) is 13.1 Å². The fourth-order valence-corrected chi connectivity index (χ4v) is 3.96. The van der Waals surface area contributed by atoms with Gasteiger partial charge in [-0.25, -0.2) is 0 Å². The summed E-state index contributed by atoms with van der Waals surface area (Å²) in [5.41, 5.74) is 22.2. The van der Waals surface area contributed by atoms with Crippen LogP contribution in [0.15, 0.2) is 4.99 Å². The summed E-state index contributed by atoms with van der Waals surface area (Å²) in [6.07, 6.45) is 3.69. The molecule has 0 aromatic heterocycles. The molecular weight excluding hydrogens is 530 g/mol. The van der Waals surface area contributed by atoms with Crippen LogP contribution in [0.2, 0.25) is 0 Å². The van der Waals surface area contributed by atoms with Crippen LogP contribution in [0.5, 0.6) is 0 Å². The molecule has 0 aromatic carbocycles. The van der Waals surface area contributed by atoms with Gasteiger partial charge in [-0.05, 0) is 63.3 Å². The molecule has 0 heterocycles. The Hall–Kier alpha value is -3.26. The molecule has 0 aliphatic rings. The van der Waals surface area contributed by atoms with E-state index in [0.717, 1.165) is 0 Å². The van der Waals surface area contributed by atoms with Gasteiger partial charge in [-0.3, -0.25) is 24.2 Å². The van der Waals surface area contributed by atoms with Gasteiger partial charge in [0.05, 0.1) is 12.1 Å². The Morgan fingerprint density at radius 3 is 1.93 bits per heavy atom. The van der Waals surface area contributed by atoms with Crippen molar-refractivity contribution in [3.05, 3.63) is 0 Å². The Bertz CT molecular complexity index is 862. The second-order valence-electron chi connectivity index (χ2n) is 11.0. The molecule has 0 fully saturated rings. The molecule has 0 aliphatic heterocycles. The average molecular weight is 584 g/mol. The third-order valence-electron chi connectivity index (χ3n) is 6.40. The fourth-order valence-electron chi connectivity index (χ4n) is 3.96. The number of carbonyl (C=O) groups excluding carboxylic acids is 5. The molecule has 0 aromatic rings. The molecule has 0 saturated carbocycles. The number of nitrogens with one attached hydrogen (secondary N) is 4. The number of nitrogens with zero attached hydrogens (tertiary/aromatic N) is 1. The van der Waals surface area contributed by atoms with Crippen molar-refractivity contribution in [3.63, 3.8) is 0 Å². The predicted octanol–water partition coefficient (Wildman–Crippen LogP) is -1.25. The second kappa shape index (κ2) is 20.6. The molecule has 0 bridgehead atoms. The first kappa shape index (κ1) is 37.7. The predicted molar refractivity (Wildman–Crippen MR) is 159 cm³/mol. The van der Waals surface area contributed by atoms with Crippen LogP contribution < -0.4 is 44.2 Å². The first-order valence-corrected chi connectivity index (χ1v) is 14.4. The van der Waals surface area contributed by atoms with Crippen LogP contribution in [-0.4, -0.2) is 79.2 Å². The summed E-state index contributed by atoms with van der Waals surface area (Å²) < 4.78 is 0. The third kappa shape index (κ3) is 15.9. The van der Waals surface area contributed by atoms with Crippen molar-refractivity contribution < 1.29 is 24.0 Å². The van der Waals surface area contributed by atoms with E-state index < -0.39 is 53.8 Å². The highest BCUT2D eigenvalue weighted by Gasteiger charge is 2.32. The van der Waals surface area contributed by atoms with Crippen molar-refractivity contribution in [3.8, 4) is 0 Å². The van der Waals surface area contributed by atoms with Gasteiger partial charge < -0.3 is 49.0 Å². The van der Waals surface area contributed by atoms with E-state index in [-0.39, 0.29) is 17.8 Å². The minimum Gasteiger partial charge on any atom is -0.370 e. The lowest BCUT2D eigenvalue weighted by Gasteiger charge is -2.28. The van der Waals surface area contributed by atoms with E-state index in [1.165, 1.54) is 0 Å². The van der Waals surface area contributed by atoms with Gasteiger partial charge in [0.15, 0.2) is 5.96 Å². The van der Waals surface area contributed by atoms with E-state index in [0.29, 0.717) is 64.3 Å². The molecule has 0 radical (unpaired) electrons. The topological polar surface area (TPSA) is 250 Å². The van der Waals surface area contributed by atoms with Crippen LogP contribution in [0.1, 0.15) is 79.6 Å². The summed E-state index contributed by atoms with van der Waals surface area (Å²) in [7, 11) is 0. The number of aliphatic imine (C=N–C) groups is 1. The van der Waals surface area contributed by atoms with Gasteiger partial charge >= 0.3 is 0 Å². The number of rotatable bonds is 21. The zero-order valence-electron chi connectivity index (χ0n) is 25.3. The molecule has 0 saturated heterocycles. The Morgan fingerprint density at radius 2 is 1.41 bits per heavy atom. The van der Waals surface area contributed by atoms with Gasteiger partial charge in [-0.1, -0.05) is 34.6 Å². The largest absolute Gasteiger partial charge is 0.370 e. The van der Waals surface area contributed by atoms with Gasteiger partial charge in [0, 0.05) is 6.54 Å². The van der Waals surface area contributed by atoms with E-state index in [9.17, 15) is 24.0 Å². The minimum atomic E-state index is -0.986. The lowest BCUT2D eigenvalue weighted by atomic mass is 9.99. The van der Waals surface area contributed by atoms with E-state index in [4.69, 9.17) is 22.9 Å². The summed E-state index contributed by atoms with van der Waals surface area (Å²) in [4.78, 5) is 67.3. The van der Waals surface area contributed by atoms with Crippen molar-refractivity contribution in [1.29, 1.82) is 0 Å². The third-order valence-corrected chi connectivity index (χ3v) is 6.40. The Labute approximate surface area is 243 Å². The molecule has 41 heavy (non-hydrogen) atoms. The smallest absolute Gasteiger partial charge is 0.243 e. The molecule has 5 atom stereocenters. The zero-order chi connectivity index (χ0) is 31.5.